The van der Waals surface area contributed by atoms with E-state index in [2.05, 4.69) is 0 Å². The van der Waals surface area contributed by atoms with Gasteiger partial charge >= 0.3 is 0 Å². The highest BCUT2D eigenvalue weighted by Gasteiger charge is 2.16. The summed E-state index contributed by atoms with van der Waals surface area (Å²) in [5.74, 6) is 0. The van der Waals surface area contributed by atoms with Crippen molar-refractivity contribution < 1.29 is 13.6 Å². The summed E-state index contributed by atoms with van der Waals surface area (Å²) in [6.45, 7) is 0. The van der Waals surface area contributed by atoms with Crippen LogP contribution >= 0.6 is 11.6 Å². The minimum absolute atomic E-state index is 0.00463. The lowest BCUT2D eigenvalue weighted by atomic mass is 10.1. The smallest absolute Gasteiger partial charge is 0.262 e. The summed E-state index contributed by atoms with van der Waals surface area (Å²) in [4.78, 5) is 1.29. The zero-order valence-electron chi connectivity index (χ0n) is 8.01. The van der Waals surface area contributed by atoms with E-state index in [9.17, 15) is 8.42 Å². The van der Waals surface area contributed by atoms with Crippen molar-refractivity contribution in [1.82, 2.24) is 4.89 Å². The van der Waals surface area contributed by atoms with E-state index < -0.39 is 10.0 Å². The average molecular weight is 258 g/mol. The van der Waals surface area contributed by atoms with E-state index in [1.165, 1.54) is 17.0 Å². The number of halogens is 1. The number of benzene rings is 2. The molecule has 2 aromatic rings. The molecule has 0 unspecified atom stereocenters. The molecule has 0 aromatic heterocycles. The monoisotopic (exact) mass is 257 g/mol. The summed E-state index contributed by atoms with van der Waals surface area (Å²) < 4.78 is 23.0. The first-order valence-corrected chi connectivity index (χ1v) is 6.25. The highest BCUT2D eigenvalue weighted by molar-refractivity contribution is 7.89. The maximum absolute atomic E-state index is 11.5. The summed E-state index contributed by atoms with van der Waals surface area (Å²) in [5, 5.41) is 10.2. The Hall–Kier alpha value is -1.14. The first-order chi connectivity index (χ1) is 7.56. The Morgan fingerprint density at radius 3 is 2.31 bits per heavy atom. The molecule has 2 rings (SSSR count). The van der Waals surface area contributed by atoms with E-state index in [0.717, 1.165) is 0 Å². The lowest BCUT2D eigenvalue weighted by molar-refractivity contribution is 0.243. The standard InChI is InChI=1S/C10H8ClNO3S/c11-9-5-6-10(16(14,15)12-13)8-4-2-1-3-7(8)9/h1-6,12-13H. The van der Waals surface area contributed by atoms with Crippen molar-refractivity contribution in [2.75, 3.05) is 0 Å². The Bertz CT molecular complexity index is 640. The number of rotatable bonds is 2. The molecule has 0 saturated heterocycles. The highest BCUT2D eigenvalue weighted by atomic mass is 35.5. The van der Waals surface area contributed by atoms with Crippen LogP contribution in [0.5, 0.6) is 0 Å². The second kappa shape index (κ2) is 4.03. The van der Waals surface area contributed by atoms with Crippen LogP contribution in [-0.2, 0) is 10.0 Å². The second-order valence-electron chi connectivity index (χ2n) is 3.19. The predicted molar refractivity (Wildman–Crippen MR) is 61.1 cm³/mol. The first kappa shape index (κ1) is 11.3. The van der Waals surface area contributed by atoms with Gasteiger partial charge < -0.3 is 5.21 Å². The van der Waals surface area contributed by atoms with Crippen molar-refractivity contribution in [3.05, 3.63) is 41.4 Å². The fourth-order valence-corrected chi connectivity index (χ4v) is 2.56. The molecule has 0 aliphatic heterocycles. The number of nitrogens with one attached hydrogen (secondary N) is 1. The molecule has 0 amide bonds. The molecule has 0 atom stereocenters. The summed E-state index contributed by atoms with van der Waals surface area (Å²) >= 11 is 5.94. The largest absolute Gasteiger partial charge is 0.302 e. The number of fused-ring (bicyclic) bond motifs is 1. The van der Waals surface area contributed by atoms with Crippen molar-refractivity contribution >= 4 is 32.4 Å². The van der Waals surface area contributed by atoms with E-state index in [1.807, 2.05) is 0 Å². The third kappa shape index (κ3) is 1.78. The molecule has 0 fully saturated rings. The molecule has 0 aliphatic carbocycles. The highest BCUT2D eigenvalue weighted by Crippen LogP contribution is 2.28. The van der Waals surface area contributed by atoms with Gasteiger partial charge in [0.2, 0.25) is 0 Å². The van der Waals surface area contributed by atoms with Gasteiger partial charge in [-0.3, -0.25) is 0 Å². The quantitative estimate of drug-likeness (QED) is 0.811. The summed E-state index contributed by atoms with van der Waals surface area (Å²) in [7, 11) is -3.89. The Kier molecular flexibility index (Phi) is 2.86. The van der Waals surface area contributed by atoms with Crippen LogP contribution in [0.1, 0.15) is 0 Å². The molecule has 0 bridgehead atoms. The van der Waals surface area contributed by atoms with Crippen LogP contribution in [-0.4, -0.2) is 13.6 Å². The molecular weight excluding hydrogens is 250 g/mol. The molecule has 0 radical (unpaired) electrons. The minimum Gasteiger partial charge on any atom is -0.302 e. The molecule has 2 aromatic carbocycles. The van der Waals surface area contributed by atoms with E-state index in [1.54, 1.807) is 24.3 Å². The third-order valence-corrected chi connectivity index (χ3v) is 3.75. The van der Waals surface area contributed by atoms with Gasteiger partial charge in [-0.15, -0.1) is 0 Å². The molecule has 4 nitrogen and oxygen atoms in total. The van der Waals surface area contributed by atoms with Crippen LogP contribution in [0.3, 0.4) is 0 Å². The minimum atomic E-state index is -3.89. The van der Waals surface area contributed by atoms with E-state index in [-0.39, 0.29) is 4.90 Å². The van der Waals surface area contributed by atoms with Gasteiger partial charge in [0.15, 0.2) is 0 Å². The average Bonchev–Trinajstić information content (AvgIpc) is 2.29. The van der Waals surface area contributed by atoms with Gasteiger partial charge in [-0.1, -0.05) is 40.8 Å². The summed E-state index contributed by atoms with van der Waals surface area (Å²) in [6, 6.07) is 9.64. The van der Waals surface area contributed by atoms with Gasteiger partial charge in [-0.2, -0.15) is 0 Å². The topological polar surface area (TPSA) is 66.4 Å². The maximum atomic E-state index is 11.5. The van der Waals surface area contributed by atoms with E-state index in [0.29, 0.717) is 15.8 Å². The van der Waals surface area contributed by atoms with Gasteiger partial charge in [-0.05, 0) is 12.1 Å². The summed E-state index contributed by atoms with van der Waals surface area (Å²) in [5.41, 5.74) is 0. The molecule has 0 saturated carbocycles. The lowest BCUT2D eigenvalue weighted by Crippen LogP contribution is -2.19. The molecule has 0 heterocycles. The van der Waals surface area contributed by atoms with Crippen LogP contribution in [0.25, 0.3) is 10.8 Å². The predicted octanol–water partition coefficient (Wildman–Crippen LogP) is 2.16. The fraction of sp³-hybridized carbons (Fsp3) is 0. The molecule has 0 spiro atoms. The van der Waals surface area contributed by atoms with Gasteiger partial charge in [0.05, 0.1) is 4.90 Å². The van der Waals surface area contributed by atoms with Crippen LogP contribution in [0, 0.1) is 0 Å². The van der Waals surface area contributed by atoms with Crippen LogP contribution < -0.4 is 4.89 Å². The molecule has 0 aliphatic rings. The zero-order chi connectivity index (χ0) is 11.8. The fourth-order valence-electron chi connectivity index (χ4n) is 1.52. The number of sulfonamides is 1. The van der Waals surface area contributed by atoms with Crippen LogP contribution in [0.15, 0.2) is 41.3 Å². The Morgan fingerprint density at radius 2 is 1.69 bits per heavy atom. The third-order valence-electron chi connectivity index (χ3n) is 2.24. The van der Waals surface area contributed by atoms with Crippen molar-refractivity contribution in [3.8, 4) is 0 Å². The van der Waals surface area contributed by atoms with Crippen LogP contribution in [0.2, 0.25) is 5.02 Å². The molecular formula is C10H8ClNO3S. The first-order valence-electron chi connectivity index (χ1n) is 4.39. The SMILES string of the molecule is O=S(=O)(NO)c1ccc(Cl)c2ccccc12. The Morgan fingerprint density at radius 1 is 1.06 bits per heavy atom. The van der Waals surface area contributed by atoms with Crippen LogP contribution in [0.4, 0.5) is 0 Å². The molecule has 16 heavy (non-hydrogen) atoms. The second-order valence-corrected chi connectivity index (χ2v) is 5.22. The van der Waals surface area contributed by atoms with Crippen molar-refractivity contribution in [1.29, 1.82) is 0 Å². The van der Waals surface area contributed by atoms with Gasteiger partial charge in [0.1, 0.15) is 0 Å². The maximum Gasteiger partial charge on any atom is 0.262 e. The summed E-state index contributed by atoms with van der Waals surface area (Å²) in [6.07, 6.45) is 0. The van der Waals surface area contributed by atoms with Crippen molar-refractivity contribution in [2.24, 2.45) is 0 Å². The van der Waals surface area contributed by atoms with E-state index in [4.69, 9.17) is 16.8 Å². The molecule has 2 N–H and O–H groups in total. The number of hydrogen-bond acceptors (Lipinski definition) is 3. The normalized spacial score (nSPS) is 11.9. The molecule has 84 valence electrons. The van der Waals surface area contributed by atoms with Crippen molar-refractivity contribution in [2.45, 2.75) is 4.90 Å². The molecule has 6 heteroatoms. The number of hydrogen-bond donors (Lipinski definition) is 2. The Labute approximate surface area is 97.5 Å². The van der Waals surface area contributed by atoms with Gasteiger partial charge in [0, 0.05) is 15.8 Å². The zero-order valence-corrected chi connectivity index (χ0v) is 9.59. The van der Waals surface area contributed by atoms with Gasteiger partial charge in [-0.25, -0.2) is 8.42 Å². The Balaban J connectivity index is 2.88. The van der Waals surface area contributed by atoms with Crippen molar-refractivity contribution in [3.63, 3.8) is 0 Å². The van der Waals surface area contributed by atoms with E-state index >= 15 is 0 Å². The lowest BCUT2D eigenvalue weighted by Gasteiger charge is -2.07. The van der Waals surface area contributed by atoms with Gasteiger partial charge in [0.25, 0.3) is 10.0 Å².